The Morgan fingerprint density at radius 3 is 1.88 bits per heavy atom. The lowest BCUT2D eigenvalue weighted by Crippen LogP contribution is -2.60. The molecule has 6 heteroatoms. The highest BCUT2D eigenvalue weighted by molar-refractivity contribution is 5.90. The maximum Gasteiger partial charge on any atom is 0.360 e. The summed E-state index contributed by atoms with van der Waals surface area (Å²) < 4.78 is 13.5. The zero-order valence-electron chi connectivity index (χ0n) is 19.9. The molecule has 3 aliphatic heterocycles. The number of piperidine rings is 1. The number of nitrogens with zero attached hydrogens (tertiary/aromatic N) is 1. The molecule has 180 valence electrons. The Kier molecular flexibility index (Phi) is 6.21. The van der Waals surface area contributed by atoms with Gasteiger partial charge in [-0.15, -0.1) is 0 Å². The summed E-state index contributed by atoms with van der Waals surface area (Å²) in [5.41, 5.74) is 5.28. The Hall–Kier alpha value is -2.70. The van der Waals surface area contributed by atoms with E-state index in [9.17, 15) is 9.59 Å². The van der Waals surface area contributed by atoms with Gasteiger partial charge >= 0.3 is 11.9 Å². The lowest BCUT2D eigenvalue weighted by molar-refractivity contribution is -0.956. The van der Waals surface area contributed by atoms with Gasteiger partial charge in [0, 0.05) is 49.7 Å². The standard InChI is InChI=1S/C28H35N2O4/c1-20(29)26(31)34-28(21-10-4-2-5-11-21,22-12-6-3-7-13-22)27(32)33-25-18-23-14-15-24(19-25)30(23)16-8-9-17-30/h2-7,10-13,20,23-25H,8-9,14-19,29H2,1H3/q+1/t20-,23?,24?,25?/m0/s1. The second-order valence-corrected chi connectivity index (χ2v) is 10.3. The molecule has 6 nitrogen and oxygen atoms in total. The molecule has 0 saturated carbocycles. The first-order valence-corrected chi connectivity index (χ1v) is 12.6. The van der Waals surface area contributed by atoms with Crippen molar-refractivity contribution >= 4 is 11.9 Å². The van der Waals surface area contributed by atoms with Crippen LogP contribution in [-0.4, -0.2) is 53.7 Å². The van der Waals surface area contributed by atoms with Crippen LogP contribution >= 0.6 is 0 Å². The second-order valence-electron chi connectivity index (χ2n) is 10.3. The Morgan fingerprint density at radius 1 is 0.912 bits per heavy atom. The average molecular weight is 464 g/mol. The summed E-state index contributed by atoms with van der Waals surface area (Å²) in [4.78, 5) is 26.9. The molecule has 2 aromatic carbocycles. The van der Waals surface area contributed by atoms with Crippen molar-refractivity contribution < 1.29 is 23.5 Å². The highest BCUT2D eigenvalue weighted by Crippen LogP contribution is 2.47. The molecule has 5 rings (SSSR count). The molecule has 3 saturated heterocycles. The van der Waals surface area contributed by atoms with Crippen molar-refractivity contribution in [1.82, 2.24) is 0 Å². The molecule has 2 unspecified atom stereocenters. The smallest absolute Gasteiger partial charge is 0.360 e. The van der Waals surface area contributed by atoms with E-state index in [4.69, 9.17) is 15.2 Å². The van der Waals surface area contributed by atoms with Crippen LogP contribution < -0.4 is 5.73 Å². The quantitative estimate of drug-likeness (QED) is 0.522. The van der Waals surface area contributed by atoms with Crippen LogP contribution in [0.5, 0.6) is 0 Å². The molecule has 0 aromatic heterocycles. The summed E-state index contributed by atoms with van der Waals surface area (Å²) in [7, 11) is 0. The van der Waals surface area contributed by atoms with Crippen molar-refractivity contribution in [3.05, 3.63) is 71.8 Å². The van der Waals surface area contributed by atoms with Crippen LogP contribution in [0, 0.1) is 0 Å². The largest absolute Gasteiger partial charge is 0.458 e. The molecule has 0 aliphatic carbocycles. The number of ether oxygens (including phenoxy) is 2. The van der Waals surface area contributed by atoms with Gasteiger partial charge in [-0.3, -0.25) is 4.79 Å². The number of benzene rings is 2. The van der Waals surface area contributed by atoms with E-state index in [1.54, 1.807) is 31.2 Å². The maximum atomic E-state index is 14.1. The van der Waals surface area contributed by atoms with Crippen molar-refractivity contribution in [3.8, 4) is 0 Å². The minimum atomic E-state index is -1.70. The van der Waals surface area contributed by atoms with Gasteiger partial charge in [0.1, 0.15) is 12.1 Å². The van der Waals surface area contributed by atoms with Gasteiger partial charge in [0.25, 0.3) is 5.60 Å². The Bertz CT molecular complexity index is 962. The predicted octanol–water partition coefficient (Wildman–Crippen LogP) is 3.67. The normalized spacial score (nSPS) is 26.2. The summed E-state index contributed by atoms with van der Waals surface area (Å²) in [5.74, 6) is -1.19. The minimum Gasteiger partial charge on any atom is -0.458 e. The summed E-state index contributed by atoms with van der Waals surface area (Å²) in [6.07, 6.45) is 6.61. The van der Waals surface area contributed by atoms with E-state index in [1.807, 2.05) is 36.4 Å². The third-order valence-corrected chi connectivity index (χ3v) is 8.30. The number of carbonyl (C=O) groups excluding carboxylic acids is 2. The zero-order chi connectivity index (χ0) is 23.8. The van der Waals surface area contributed by atoms with E-state index in [0.29, 0.717) is 23.2 Å². The molecular formula is C28H35N2O4+. The monoisotopic (exact) mass is 463 g/mol. The van der Waals surface area contributed by atoms with Crippen molar-refractivity contribution in [3.63, 3.8) is 0 Å². The Balaban J connectivity index is 1.49. The number of hydrogen-bond acceptors (Lipinski definition) is 5. The van der Waals surface area contributed by atoms with Crippen LogP contribution in [0.4, 0.5) is 0 Å². The van der Waals surface area contributed by atoms with Crippen LogP contribution in [0.15, 0.2) is 60.7 Å². The van der Waals surface area contributed by atoms with Gasteiger partial charge < -0.3 is 19.7 Å². The van der Waals surface area contributed by atoms with Crippen molar-refractivity contribution in [2.75, 3.05) is 13.1 Å². The average Bonchev–Trinajstić information content (AvgIpc) is 3.40. The molecule has 2 aromatic rings. The molecule has 3 aliphatic rings. The third-order valence-electron chi connectivity index (χ3n) is 8.30. The van der Waals surface area contributed by atoms with Crippen LogP contribution in [-0.2, 0) is 24.7 Å². The van der Waals surface area contributed by atoms with Gasteiger partial charge in [-0.25, -0.2) is 4.79 Å². The van der Waals surface area contributed by atoms with Crippen molar-refractivity contribution in [2.24, 2.45) is 5.73 Å². The molecule has 3 fully saturated rings. The van der Waals surface area contributed by atoms with Crippen LogP contribution in [0.3, 0.4) is 0 Å². The van der Waals surface area contributed by atoms with E-state index in [-0.39, 0.29) is 6.10 Å². The summed E-state index contributed by atoms with van der Waals surface area (Å²) in [6.45, 7) is 4.09. The fourth-order valence-electron chi connectivity index (χ4n) is 6.69. The fourth-order valence-corrected chi connectivity index (χ4v) is 6.69. The van der Waals surface area contributed by atoms with Gasteiger partial charge in [-0.05, 0) is 6.92 Å². The lowest BCUT2D eigenvalue weighted by atomic mass is 9.85. The number of quaternary nitrogens is 1. The first kappa shape index (κ1) is 23.1. The molecule has 3 heterocycles. The molecule has 2 N–H and O–H groups in total. The van der Waals surface area contributed by atoms with Crippen molar-refractivity contribution in [2.45, 2.75) is 75.3 Å². The molecular weight excluding hydrogens is 428 g/mol. The highest BCUT2D eigenvalue weighted by atomic mass is 16.6. The fraction of sp³-hybridized carbons (Fsp3) is 0.500. The molecule has 34 heavy (non-hydrogen) atoms. The van der Waals surface area contributed by atoms with Gasteiger partial charge in [0.2, 0.25) is 0 Å². The molecule has 0 amide bonds. The number of nitrogens with two attached hydrogens (primary N) is 1. The molecule has 3 atom stereocenters. The first-order valence-electron chi connectivity index (χ1n) is 12.6. The van der Waals surface area contributed by atoms with Gasteiger partial charge in [-0.1, -0.05) is 60.7 Å². The molecule has 2 bridgehead atoms. The third kappa shape index (κ3) is 3.83. The van der Waals surface area contributed by atoms with Crippen LogP contribution in [0.2, 0.25) is 0 Å². The lowest BCUT2D eigenvalue weighted by Gasteiger charge is -2.47. The van der Waals surface area contributed by atoms with E-state index >= 15 is 0 Å². The highest BCUT2D eigenvalue weighted by Gasteiger charge is 2.57. The SMILES string of the molecule is C[C@H](N)C(=O)OC(C(=O)OC1CC2CCC(C1)[N+]21CCCC1)(c1ccccc1)c1ccccc1. The van der Waals surface area contributed by atoms with Crippen LogP contribution in [0.25, 0.3) is 0 Å². The van der Waals surface area contributed by atoms with Gasteiger partial charge in [0.15, 0.2) is 0 Å². The van der Waals surface area contributed by atoms with E-state index in [1.165, 1.54) is 43.3 Å². The van der Waals surface area contributed by atoms with E-state index in [0.717, 1.165) is 12.8 Å². The summed E-state index contributed by atoms with van der Waals surface area (Å²) >= 11 is 0. The van der Waals surface area contributed by atoms with Gasteiger partial charge in [-0.2, -0.15) is 0 Å². The maximum absolute atomic E-state index is 14.1. The minimum absolute atomic E-state index is 0.171. The predicted molar refractivity (Wildman–Crippen MR) is 129 cm³/mol. The Morgan fingerprint density at radius 2 is 1.41 bits per heavy atom. The number of carbonyl (C=O) groups is 2. The first-order chi connectivity index (χ1) is 16.5. The number of hydrogen-bond donors (Lipinski definition) is 1. The van der Waals surface area contributed by atoms with Gasteiger partial charge in [0.05, 0.1) is 25.2 Å². The summed E-state index contributed by atoms with van der Waals surface area (Å²) in [6, 6.07) is 18.6. The topological polar surface area (TPSA) is 78.6 Å². The molecule has 0 radical (unpaired) electrons. The zero-order valence-corrected chi connectivity index (χ0v) is 19.9. The Labute approximate surface area is 201 Å². The van der Waals surface area contributed by atoms with E-state index < -0.39 is 23.6 Å². The van der Waals surface area contributed by atoms with E-state index in [2.05, 4.69) is 0 Å². The molecule has 1 spiro atoms. The van der Waals surface area contributed by atoms with Crippen LogP contribution in [0.1, 0.15) is 56.6 Å². The van der Waals surface area contributed by atoms with Crippen molar-refractivity contribution in [1.29, 1.82) is 0 Å². The summed E-state index contributed by atoms with van der Waals surface area (Å²) in [5, 5.41) is 0. The number of rotatable bonds is 6. The number of esters is 2. The second kappa shape index (κ2) is 9.16.